The number of aromatic nitrogens is 2. The first-order valence-corrected chi connectivity index (χ1v) is 5.51. The zero-order chi connectivity index (χ0) is 14.0. The minimum atomic E-state index is -4.34. The molecule has 0 aliphatic heterocycles. The number of alkyl halides is 3. The van der Waals surface area contributed by atoms with E-state index >= 15 is 0 Å². The van der Waals surface area contributed by atoms with Gasteiger partial charge >= 0.3 is 6.18 Å². The Hall–Kier alpha value is -1.89. The van der Waals surface area contributed by atoms with Crippen LogP contribution in [0.5, 0.6) is 0 Å². The highest BCUT2D eigenvalue weighted by atomic mass is 19.4. The van der Waals surface area contributed by atoms with Crippen LogP contribution in [0.1, 0.15) is 11.5 Å². The topological polar surface area (TPSA) is 42.2 Å². The molecule has 0 saturated carbocycles. The molecule has 1 heterocycles. The summed E-state index contributed by atoms with van der Waals surface area (Å²) in [6, 6.07) is 4.65. The molecule has 1 aromatic carbocycles. The van der Waals surface area contributed by atoms with Crippen molar-refractivity contribution in [1.29, 1.82) is 0 Å². The molecule has 102 valence electrons. The molecule has 0 spiro atoms. The van der Waals surface area contributed by atoms with Crippen LogP contribution in [0, 0.1) is 0 Å². The van der Waals surface area contributed by atoms with Gasteiger partial charge in [0.2, 0.25) is 11.7 Å². The third-order valence-electron chi connectivity index (χ3n) is 2.39. The minimum absolute atomic E-state index is 0.283. The normalized spacial score (nSPS) is 12.1. The van der Waals surface area contributed by atoms with Crippen LogP contribution in [0.25, 0.3) is 11.4 Å². The summed E-state index contributed by atoms with van der Waals surface area (Å²) in [4.78, 5) is 5.96. The minimum Gasteiger partial charge on any atom is -0.338 e. The molecule has 0 amide bonds. The van der Waals surface area contributed by atoms with E-state index in [0.29, 0.717) is 18.0 Å². The molecule has 0 aliphatic rings. The third-order valence-corrected chi connectivity index (χ3v) is 2.39. The lowest BCUT2D eigenvalue weighted by molar-refractivity contribution is -0.137. The zero-order valence-electron chi connectivity index (χ0n) is 10.4. The summed E-state index contributed by atoms with van der Waals surface area (Å²) in [5, 5.41) is 3.74. The van der Waals surface area contributed by atoms with Gasteiger partial charge < -0.3 is 9.42 Å². The molecular formula is C12H12F3N3O. The van der Waals surface area contributed by atoms with Crippen molar-refractivity contribution >= 4 is 0 Å². The van der Waals surface area contributed by atoms with Crippen LogP contribution in [-0.4, -0.2) is 29.1 Å². The number of benzene rings is 1. The highest BCUT2D eigenvalue weighted by Crippen LogP contribution is 2.30. The molecule has 0 unspecified atom stereocenters. The van der Waals surface area contributed by atoms with Gasteiger partial charge in [-0.2, -0.15) is 18.2 Å². The highest BCUT2D eigenvalue weighted by Gasteiger charge is 2.30. The fourth-order valence-corrected chi connectivity index (χ4v) is 1.52. The van der Waals surface area contributed by atoms with Gasteiger partial charge in [0.15, 0.2) is 0 Å². The molecule has 2 rings (SSSR count). The van der Waals surface area contributed by atoms with Crippen molar-refractivity contribution in [1.82, 2.24) is 15.0 Å². The first-order valence-electron chi connectivity index (χ1n) is 5.51. The quantitative estimate of drug-likeness (QED) is 0.860. The summed E-state index contributed by atoms with van der Waals surface area (Å²) in [7, 11) is 3.70. The van der Waals surface area contributed by atoms with E-state index in [1.807, 2.05) is 19.0 Å². The molecule has 2 aromatic rings. The fraction of sp³-hybridized carbons (Fsp3) is 0.333. The van der Waals surface area contributed by atoms with Crippen LogP contribution >= 0.6 is 0 Å². The van der Waals surface area contributed by atoms with Gasteiger partial charge in [0, 0.05) is 5.56 Å². The van der Waals surface area contributed by atoms with Crippen LogP contribution in [-0.2, 0) is 12.7 Å². The summed E-state index contributed by atoms with van der Waals surface area (Å²) in [5.74, 6) is 0.700. The van der Waals surface area contributed by atoms with Crippen molar-refractivity contribution in [2.45, 2.75) is 12.7 Å². The molecule has 0 bridgehead atoms. The van der Waals surface area contributed by atoms with Crippen LogP contribution < -0.4 is 0 Å². The van der Waals surface area contributed by atoms with E-state index in [0.717, 1.165) is 12.1 Å². The second-order valence-corrected chi connectivity index (χ2v) is 4.32. The second kappa shape index (κ2) is 5.00. The van der Waals surface area contributed by atoms with Gasteiger partial charge in [-0.15, -0.1) is 0 Å². The fourth-order valence-electron chi connectivity index (χ4n) is 1.52. The summed E-state index contributed by atoms with van der Waals surface area (Å²) >= 11 is 0. The van der Waals surface area contributed by atoms with Gasteiger partial charge in [-0.1, -0.05) is 17.3 Å². The van der Waals surface area contributed by atoms with Crippen molar-refractivity contribution in [2.24, 2.45) is 0 Å². The molecule has 0 aliphatic carbocycles. The van der Waals surface area contributed by atoms with E-state index in [9.17, 15) is 13.2 Å². The maximum Gasteiger partial charge on any atom is 0.416 e. The first-order chi connectivity index (χ1) is 8.86. The van der Waals surface area contributed by atoms with Gasteiger partial charge in [-0.3, -0.25) is 0 Å². The highest BCUT2D eigenvalue weighted by molar-refractivity contribution is 5.54. The summed E-state index contributed by atoms with van der Waals surface area (Å²) in [5.41, 5.74) is -0.213. The molecule has 4 nitrogen and oxygen atoms in total. The van der Waals surface area contributed by atoms with Crippen molar-refractivity contribution in [2.75, 3.05) is 14.1 Å². The Labute approximate surface area is 107 Å². The summed E-state index contributed by atoms with van der Waals surface area (Å²) in [6.45, 7) is 0.480. The molecular weight excluding hydrogens is 259 g/mol. The molecule has 19 heavy (non-hydrogen) atoms. The maximum absolute atomic E-state index is 12.4. The van der Waals surface area contributed by atoms with Crippen LogP contribution in [0.4, 0.5) is 13.2 Å². The standard InChI is InChI=1S/C12H12F3N3O/c1-18(2)7-10-16-11(17-19-10)8-3-5-9(6-4-8)12(13,14)15/h3-6H,7H2,1-2H3. The van der Waals surface area contributed by atoms with Crippen molar-refractivity contribution < 1.29 is 17.7 Å². The second-order valence-electron chi connectivity index (χ2n) is 4.32. The van der Waals surface area contributed by atoms with Crippen molar-refractivity contribution in [3.05, 3.63) is 35.7 Å². The summed E-state index contributed by atoms with van der Waals surface area (Å²) in [6.07, 6.45) is -4.34. The van der Waals surface area contributed by atoms with Gasteiger partial charge in [0.25, 0.3) is 0 Å². The molecule has 0 saturated heterocycles. The Morgan fingerprint density at radius 1 is 1.16 bits per heavy atom. The monoisotopic (exact) mass is 271 g/mol. The van der Waals surface area contributed by atoms with Crippen molar-refractivity contribution in [3.63, 3.8) is 0 Å². The van der Waals surface area contributed by atoms with Gasteiger partial charge in [-0.05, 0) is 26.2 Å². The van der Waals surface area contributed by atoms with Gasteiger partial charge in [-0.25, -0.2) is 0 Å². The number of nitrogens with zero attached hydrogens (tertiary/aromatic N) is 3. The Morgan fingerprint density at radius 2 is 1.79 bits per heavy atom. The Bertz CT molecular complexity index is 546. The third kappa shape index (κ3) is 3.31. The summed E-state index contributed by atoms with van der Waals surface area (Å²) < 4.78 is 42.2. The average molecular weight is 271 g/mol. The number of rotatable bonds is 3. The van der Waals surface area contributed by atoms with Crippen LogP contribution in [0.2, 0.25) is 0 Å². The SMILES string of the molecule is CN(C)Cc1nc(-c2ccc(C(F)(F)F)cc2)no1. The van der Waals surface area contributed by atoms with Crippen molar-refractivity contribution in [3.8, 4) is 11.4 Å². The molecule has 0 N–H and O–H groups in total. The van der Waals surface area contributed by atoms with Crippen LogP contribution in [0.15, 0.2) is 28.8 Å². The Balaban J connectivity index is 2.20. The van der Waals surface area contributed by atoms with Gasteiger partial charge in [0.05, 0.1) is 12.1 Å². The van der Waals surface area contributed by atoms with E-state index in [-0.39, 0.29) is 5.82 Å². The maximum atomic E-state index is 12.4. The predicted molar refractivity (Wildman–Crippen MR) is 62.1 cm³/mol. The number of hydrogen-bond donors (Lipinski definition) is 0. The lowest BCUT2D eigenvalue weighted by atomic mass is 10.1. The lowest BCUT2D eigenvalue weighted by Gasteiger charge is -2.05. The van der Waals surface area contributed by atoms with Gasteiger partial charge in [0.1, 0.15) is 0 Å². The molecule has 7 heteroatoms. The molecule has 0 atom stereocenters. The molecule has 1 aromatic heterocycles. The van der Waals surface area contributed by atoms with E-state index in [1.54, 1.807) is 0 Å². The Morgan fingerprint density at radius 3 is 2.32 bits per heavy atom. The van der Waals surface area contributed by atoms with E-state index in [4.69, 9.17) is 4.52 Å². The van der Waals surface area contributed by atoms with E-state index in [2.05, 4.69) is 10.1 Å². The first kappa shape index (κ1) is 13.5. The van der Waals surface area contributed by atoms with Crippen LogP contribution in [0.3, 0.4) is 0 Å². The number of hydrogen-bond acceptors (Lipinski definition) is 4. The Kier molecular flexibility index (Phi) is 3.57. The number of halogens is 3. The smallest absolute Gasteiger partial charge is 0.338 e. The molecule has 0 radical (unpaired) electrons. The predicted octanol–water partition coefficient (Wildman–Crippen LogP) is 2.82. The zero-order valence-corrected chi connectivity index (χ0v) is 10.4. The molecule has 0 fully saturated rings. The van der Waals surface area contributed by atoms with E-state index < -0.39 is 11.7 Å². The van der Waals surface area contributed by atoms with E-state index in [1.165, 1.54) is 12.1 Å². The largest absolute Gasteiger partial charge is 0.416 e. The lowest BCUT2D eigenvalue weighted by Crippen LogP contribution is -2.10. The average Bonchev–Trinajstić information content (AvgIpc) is 2.75.